The molecule has 1 aliphatic carbocycles. The van der Waals surface area contributed by atoms with Gasteiger partial charge in [-0.3, -0.25) is 0 Å². The highest BCUT2D eigenvalue weighted by Gasteiger charge is 2.30. The minimum Gasteiger partial charge on any atom is -0.464 e. The number of thiophene rings is 1. The molecule has 0 unspecified atom stereocenters. The number of benzene rings is 1. The predicted octanol–water partition coefficient (Wildman–Crippen LogP) is 7.02. The summed E-state index contributed by atoms with van der Waals surface area (Å²) < 4.78 is 44.7. The lowest BCUT2D eigenvalue weighted by molar-refractivity contribution is -0.137. The maximum absolute atomic E-state index is 12.9. The van der Waals surface area contributed by atoms with Crippen LogP contribution in [-0.2, 0) is 32.0 Å². The van der Waals surface area contributed by atoms with Crippen LogP contribution in [0.4, 0.5) is 19.0 Å². The zero-order valence-corrected chi connectivity index (χ0v) is 18.4. The number of anilines is 1. The van der Waals surface area contributed by atoms with Crippen LogP contribution in [0.3, 0.4) is 0 Å². The zero-order valence-electron chi connectivity index (χ0n) is 17.6. The number of fused-ring (bicyclic) bond motifs is 3. The molecule has 1 aromatic carbocycles. The number of halogens is 3. The van der Waals surface area contributed by atoms with Gasteiger partial charge in [0.1, 0.15) is 28.5 Å². The van der Waals surface area contributed by atoms with Crippen LogP contribution in [-0.4, -0.2) is 9.97 Å². The Labute approximate surface area is 187 Å². The molecule has 0 fully saturated rings. The van der Waals surface area contributed by atoms with Crippen LogP contribution in [0.2, 0.25) is 0 Å². The van der Waals surface area contributed by atoms with Gasteiger partial charge in [-0.2, -0.15) is 13.2 Å². The van der Waals surface area contributed by atoms with Crippen LogP contribution >= 0.6 is 11.3 Å². The normalized spacial score (nSPS) is 14.0. The third kappa shape index (κ3) is 3.88. The van der Waals surface area contributed by atoms with Crippen LogP contribution in [0, 0.1) is 0 Å². The molecule has 3 heterocycles. The van der Waals surface area contributed by atoms with Crippen molar-refractivity contribution in [2.24, 2.45) is 0 Å². The maximum Gasteiger partial charge on any atom is 0.416 e. The first-order chi connectivity index (χ1) is 15.4. The summed E-state index contributed by atoms with van der Waals surface area (Å²) in [5, 5.41) is 4.51. The largest absolute Gasteiger partial charge is 0.464 e. The second-order valence-electron chi connectivity index (χ2n) is 7.95. The van der Waals surface area contributed by atoms with Crippen molar-refractivity contribution in [2.75, 3.05) is 5.32 Å². The van der Waals surface area contributed by atoms with Crippen molar-refractivity contribution in [2.45, 2.75) is 51.7 Å². The summed E-state index contributed by atoms with van der Waals surface area (Å²) in [7, 11) is 0. The quantitative estimate of drug-likeness (QED) is 0.350. The average molecular weight is 458 g/mol. The lowest BCUT2D eigenvalue weighted by Crippen LogP contribution is -2.04. The fourth-order valence-corrected chi connectivity index (χ4v) is 5.54. The Kier molecular flexibility index (Phi) is 5.41. The topological polar surface area (TPSA) is 51.0 Å². The number of alkyl halides is 3. The molecule has 4 nitrogen and oxygen atoms in total. The van der Waals surface area contributed by atoms with E-state index in [1.54, 1.807) is 17.7 Å². The molecule has 0 bridgehead atoms. The Morgan fingerprint density at radius 3 is 2.62 bits per heavy atom. The first-order valence-corrected chi connectivity index (χ1v) is 11.5. The molecule has 0 spiro atoms. The minimum atomic E-state index is -4.35. The van der Waals surface area contributed by atoms with E-state index in [1.165, 1.54) is 35.4 Å². The van der Waals surface area contributed by atoms with Crippen molar-refractivity contribution >= 4 is 27.4 Å². The van der Waals surface area contributed by atoms with Crippen molar-refractivity contribution in [1.82, 2.24) is 9.97 Å². The first kappa shape index (κ1) is 21.0. The Balaban J connectivity index is 1.41. The molecule has 0 radical (unpaired) electrons. The van der Waals surface area contributed by atoms with E-state index in [0.717, 1.165) is 52.3 Å². The highest BCUT2D eigenvalue weighted by Crippen LogP contribution is 2.38. The summed E-state index contributed by atoms with van der Waals surface area (Å²) >= 11 is 1.75. The van der Waals surface area contributed by atoms with E-state index in [2.05, 4.69) is 15.3 Å². The van der Waals surface area contributed by atoms with Gasteiger partial charge in [0.15, 0.2) is 0 Å². The van der Waals surface area contributed by atoms with E-state index in [-0.39, 0.29) is 0 Å². The Hall–Kier alpha value is -2.87. The molecule has 5 rings (SSSR count). The summed E-state index contributed by atoms with van der Waals surface area (Å²) in [4.78, 5) is 11.4. The second kappa shape index (κ2) is 8.24. The van der Waals surface area contributed by atoms with Gasteiger partial charge < -0.3 is 9.73 Å². The van der Waals surface area contributed by atoms with Crippen LogP contribution < -0.4 is 5.32 Å². The second-order valence-corrected chi connectivity index (χ2v) is 9.03. The number of hydrogen-bond acceptors (Lipinski definition) is 5. The number of nitrogens with zero attached hydrogens (tertiary/aromatic N) is 2. The van der Waals surface area contributed by atoms with Crippen LogP contribution in [0.5, 0.6) is 0 Å². The molecule has 32 heavy (non-hydrogen) atoms. The summed E-state index contributed by atoms with van der Waals surface area (Å²) in [6.45, 7) is 2.40. The van der Waals surface area contributed by atoms with Gasteiger partial charge in [-0.25, -0.2) is 9.97 Å². The highest BCUT2D eigenvalue weighted by molar-refractivity contribution is 7.19. The van der Waals surface area contributed by atoms with Crippen molar-refractivity contribution in [3.8, 4) is 11.1 Å². The van der Waals surface area contributed by atoms with Gasteiger partial charge in [0.05, 0.1) is 17.5 Å². The van der Waals surface area contributed by atoms with Gasteiger partial charge in [-0.1, -0.05) is 19.1 Å². The molecule has 0 saturated carbocycles. The lowest BCUT2D eigenvalue weighted by Gasteiger charge is -2.12. The van der Waals surface area contributed by atoms with E-state index in [4.69, 9.17) is 4.42 Å². The maximum atomic E-state index is 12.9. The number of nitrogens with one attached hydrogen (secondary N) is 1. The van der Waals surface area contributed by atoms with Gasteiger partial charge in [0.25, 0.3) is 0 Å². The Morgan fingerprint density at radius 2 is 1.88 bits per heavy atom. The third-order valence-electron chi connectivity index (χ3n) is 5.89. The van der Waals surface area contributed by atoms with E-state index >= 15 is 0 Å². The van der Waals surface area contributed by atoms with Gasteiger partial charge in [0, 0.05) is 16.9 Å². The molecule has 1 N–H and O–H groups in total. The van der Waals surface area contributed by atoms with E-state index < -0.39 is 11.7 Å². The molecule has 0 atom stereocenters. The fraction of sp³-hybridized carbons (Fsp3) is 0.333. The number of hydrogen-bond donors (Lipinski definition) is 1. The number of aromatic nitrogens is 2. The first-order valence-electron chi connectivity index (χ1n) is 10.7. The van der Waals surface area contributed by atoms with E-state index in [1.807, 2.05) is 13.0 Å². The third-order valence-corrected chi connectivity index (χ3v) is 7.09. The van der Waals surface area contributed by atoms with Crippen LogP contribution in [0.25, 0.3) is 21.3 Å². The SMILES string of the molecule is CCc1oc(CNc2ncnc3sc4c(c23)CCCC4)cc1-c1ccc(C(F)(F)F)cc1. The molecule has 166 valence electrons. The molecule has 0 saturated heterocycles. The number of furan rings is 1. The van der Waals surface area contributed by atoms with Crippen molar-refractivity contribution in [3.63, 3.8) is 0 Å². The predicted molar refractivity (Wildman–Crippen MR) is 120 cm³/mol. The smallest absolute Gasteiger partial charge is 0.416 e. The Bertz CT molecular complexity index is 1260. The van der Waals surface area contributed by atoms with Crippen LogP contribution in [0.15, 0.2) is 41.1 Å². The molecule has 3 aromatic heterocycles. The van der Waals surface area contributed by atoms with Gasteiger partial charge in [-0.15, -0.1) is 11.3 Å². The number of rotatable bonds is 5. The summed E-state index contributed by atoms with van der Waals surface area (Å²) in [6, 6.07) is 7.11. The van der Waals surface area contributed by atoms with Gasteiger partial charge >= 0.3 is 6.18 Å². The molecule has 8 heteroatoms. The van der Waals surface area contributed by atoms with Crippen molar-refractivity contribution in [3.05, 3.63) is 64.2 Å². The molecular formula is C24H22F3N3OS. The Morgan fingerprint density at radius 1 is 1.09 bits per heavy atom. The van der Waals surface area contributed by atoms with E-state index in [0.29, 0.717) is 24.3 Å². The summed E-state index contributed by atoms with van der Waals surface area (Å²) in [6.07, 6.45) is 2.43. The van der Waals surface area contributed by atoms with Crippen molar-refractivity contribution in [1.29, 1.82) is 0 Å². The minimum absolute atomic E-state index is 0.435. The molecule has 1 aliphatic rings. The van der Waals surface area contributed by atoms with Gasteiger partial charge in [0.2, 0.25) is 0 Å². The van der Waals surface area contributed by atoms with Crippen LogP contribution in [0.1, 0.15) is 47.3 Å². The monoisotopic (exact) mass is 457 g/mol. The molecule has 0 amide bonds. The summed E-state index contributed by atoms with van der Waals surface area (Å²) in [5.74, 6) is 2.27. The van der Waals surface area contributed by atoms with Crippen molar-refractivity contribution < 1.29 is 17.6 Å². The molecule has 4 aromatic rings. The number of aryl methyl sites for hydroxylation is 3. The highest BCUT2D eigenvalue weighted by atomic mass is 32.1. The summed E-state index contributed by atoms with van der Waals surface area (Å²) in [5.41, 5.74) is 2.23. The average Bonchev–Trinajstić information content (AvgIpc) is 3.38. The molecule has 0 aliphatic heterocycles. The standard InChI is InChI=1S/C24H22F3N3OS/c1-2-19-18(14-7-9-15(10-8-14)24(25,26)27)11-16(31-19)12-28-22-21-17-5-3-4-6-20(17)32-23(21)30-13-29-22/h7-11,13H,2-6,12H2,1H3,(H,28,29,30). The molecular weight excluding hydrogens is 435 g/mol. The van der Waals surface area contributed by atoms with E-state index in [9.17, 15) is 13.2 Å². The van der Waals surface area contributed by atoms with Gasteiger partial charge in [-0.05, 0) is 55.0 Å². The fourth-order valence-electron chi connectivity index (χ4n) is 4.31. The lowest BCUT2D eigenvalue weighted by atomic mass is 9.97. The zero-order chi connectivity index (χ0) is 22.3.